The van der Waals surface area contributed by atoms with E-state index in [2.05, 4.69) is 0 Å². The van der Waals surface area contributed by atoms with E-state index in [4.69, 9.17) is 19.8 Å². The Morgan fingerprint density at radius 1 is 1.10 bits per heavy atom. The van der Waals surface area contributed by atoms with Gasteiger partial charge in [-0.25, -0.2) is 0 Å². The van der Waals surface area contributed by atoms with Crippen LogP contribution in [-0.4, -0.2) is 11.9 Å². The van der Waals surface area contributed by atoms with E-state index in [1.165, 1.54) is 0 Å². The first-order valence-electron chi connectivity index (χ1n) is 1.82. The molecule has 0 saturated carbocycles. The minimum atomic E-state index is -1.08. The molecule has 0 aliphatic heterocycles. The first-order chi connectivity index (χ1) is 3.46. The summed E-state index contributed by atoms with van der Waals surface area (Å²) in [4.78, 5) is 17.8. The molecule has 0 aliphatic rings. The second-order valence-electron chi connectivity index (χ2n) is 0.983. The van der Waals surface area contributed by atoms with Crippen LogP contribution in [0.4, 0.5) is 0 Å². The van der Waals surface area contributed by atoms with Crippen molar-refractivity contribution in [3.05, 3.63) is 0 Å². The van der Waals surface area contributed by atoms with Crippen molar-refractivity contribution in [2.75, 3.05) is 0 Å². The maximum absolute atomic E-state index is 8.89. The fraction of sp³-hybridized carbons (Fsp3) is 0.500. The van der Waals surface area contributed by atoms with Crippen LogP contribution in [0, 0.1) is 0 Å². The molecule has 0 spiro atoms. The topological polar surface area (TPSA) is 80.3 Å². The fourth-order valence-electron chi connectivity index (χ4n) is 0. The van der Waals surface area contributed by atoms with Crippen molar-refractivity contribution in [3.63, 3.8) is 0 Å². The van der Waals surface area contributed by atoms with Crippen LogP contribution in [0.5, 0.6) is 0 Å². The van der Waals surface area contributed by atoms with Crippen LogP contribution >= 0.6 is 0 Å². The number of carboxylic acid groups (broad SMARTS) is 2. The van der Waals surface area contributed by atoms with Crippen LogP contribution in [0.15, 0.2) is 0 Å². The Morgan fingerprint density at radius 2 is 1.10 bits per heavy atom. The third-order valence-electron chi connectivity index (χ3n) is 0. The molecular formula is C4H7CoLiO4. The van der Waals surface area contributed by atoms with Gasteiger partial charge >= 0.3 is 35.6 Å². The molecule has 0 unspecified atom stereocenters. The second kappa shape index (κ2) is 16.0. The third-order valence-corrected chi connectivity index (χ3v) is 0. The molecule has 0 bridgehead atoms. The summed E-state index contributed by atoms with van der Waals surface area (Å²) in [5.74, 6) is -2.17. The van der Waals surface area contributed by atoms with Gasteiger partial charge in [0.15, 0.2) is 0 Å². The first kappa shape index (κ1) is 22.5. The van der Waals surface area contributed by atoms with Crippen molar-refractivity contribution in [3.8, 4) is 0 Å². The summed E-state index contributed by atoms with van der Waals surface area (Å²) in [5, 5.41) is 17.8. The van der Waals surface area contributed by atoms with Gasteiger partial charge in [-0.2, -0.15) is 0 Å². The van der Waals surface area contributed by atoms with Crippen LogP contribution in [0.2, 0.25) is 0 Å². The third kappa shape index (κ3) is 207000. The molecule has 4 nitrogen and oxygen atoms in total. The van der Waals surface area contributed by atoms with E-state index < -0.39 is 11.9 Å². The number of rotatable bonds is 0. The summed E-state index contributed by atoms with van der Waals surface area (Å²) >= 11 is 0. The molecule has 0 amide bonds. The number of aliphatic carboxylic acids is 2. The van der Waals surface area contributed by atoms with E-state index in [9.17, 15) is 0 Å². The summed E-state index contributed by atoms with van der Waals surface area (Å²) in [5.41, 5.74) is 0. The van der Waals surface area contributed by atoms with Crippen molar-refractivity contribution >= 4 is 11.9 Å². The Morgan fingerprint density at radius 3 is 1.10 bits per heavy atom. The number of carbonyl (C=O) groups is 2. The van der Waals surface area contributed by atoms with Crippen LogP contribution < -0.4 is 29.1 Å². The zero-order valence-electron chi connectivity index (χ0n) is 6.97. The van der Waals surface area contributed by atoms with Gasteiger partial charge in [0.25, 0.3) is 0 Å². The molecule has 0 N–H and O–H groups in total. The normalized spacial score (nSPS) is 5.00. The molecule has 0 atom stereocenters. The molecule has 0 saturated heterocycles. The standard InChI is InChI=1S/2C2H4O2.Co.Li.H/c2*1-2(3)4;;;/h2*1H3,(H,3,4);;;/q;;+2;+1;-1/p-2. The quantitative estimate of drug-likeness (QED) is 0.353. The number of carbonyl (C=O) groups excluding carboxylic acids is 2. The van der Waals surface area contributed by atoms with Crippen LogP contribution in [-0.2, 0) is 26.4 Å². The maximum Gasteiger partial charge on any atom is 2.00 e. The second-order valence-corrected chi connectivity index (χ2v) is 0.983. The summed E-state index contributed by atoms with van der Waals surface area (Å²) in [6, 6.07) is 0. The Kier molecular flexibility index (Phi) is 36.0. The molecule has 1 radical (unpaired) electrons. The van der Waals surface area contributed by atoms with Gasteiger partial charge in [-0.15, -0.1) is 0 Å². The molecular weight excluding hydrogens is 178 g/mol. The minimum absolute atomic E-state index is 0. The smallest absolute Gasteiger partial charge is 1.00 e. The zero-order valence-corrected chi connectivity index (χ0v) is 7.01. The summed E-state index contributed by atoms with van der Waals surface area (Å²) in [6.07, 6.45) is 0. The predicted octanol–water partition coefficient (Wildman–Crippen LogP) is -5.37. The van der Waals surface area contributed by atoms with Crippen LogP contribution in [0.25, 0.3) is 0 Å². The number of hydrogen-bond donors (Lipinski definition) is 0. The van der Waals surface area contributed by atoms with Crippen molar-refractivity contribution in [1.82, 2.24) is 0 Å². The average molecular weight is 185 g/mol. The Hall–Kier alpha value is 0.0439. The van der Waals surface area contributed by atoms with Crippen molar-refractivity contribution in [1.29, 1.82) is 0 Å². The van der Waals surface area contributed by atoms with Gasteiger partial charge in [0.1, 0.15) is 0 Å². The summed E-state index contributed by atoms with van der Waals surface area (Å²) in [6.45, 7) is 1.94. The maximum atomic E-state index is 8.89. The minimum Gasteiger partial charge on any atom is -1.00 e. The van der Waals surface area contributed by atoms with Gasteiger partial charge in [-0.1, -0.05) is 0 Å². The fourth-order valence-corrected chi connectivity index (χ4v) is 0. The summed E-state index contributed by atoms with van der Waals surface area (Å²) < 4.78 is 0. The Bertz CT molecular complexity index is 80.1. The first-order valence-corrected chi connectivity index (χ1v) is 1.82. The molecule has 6 heteroatoms. The van der Waals surface area contributed by atoms with Crippen molar-refractivity contribution in [2.45, 2.75) is 13.8 Å². The van der Waals surface area contributed by atoms with Gasteiger partial charge < -0.3 is 21.2 Å². The Labute approximate surface area is 82.9 Å². The van der Waals surface area contributed by atoms with E-state index in [1.807, 2.05) is 0 Å². The van der Waals surface area contributed by atoms with E-state index in [1.54, 1.807) is 0 Å². The Balaban J connectivity index is -0.0000000171. The summed E-state index contributed by atoms with van der Waals surface area (Å²) in [7, 11) is 0. The van der Waals surface area contributed by atoms with Crippen molar-refractivity contribution < 1.29 is 56.9 Å². The number of carboxylic acids is 2. The molecule has 0 rings (SSSR count). The van der Waals surface area contributed by atoms with Crippen LogP contribution in [0.3, 0.4) is 0 Å². The van der Waals surface area contributed by atoms with Gasteiger partial charge in [0.2, 0.25) is 0 Å². The molecule has 0 aliphatic carbocycles. The zero-order chi connectivity index (χ0) is 7.15. The predicted molar refractivity (Wildman–Crippen MR) is 22.5 cm³/mol. The van der Waals surface area contributed by atoms with E-state index in [0.717, 1.165) is 13.8 Å². The van der Waals surface area contributed by atoms with Crippen LogP contribution in [0.1, 0.15) is 15.3 Å². The average Bonchev–Trinajstić information content (AvgIpc) is 1.25. The van der Waals surface area contributed by atoms with Gasteiger partial charge in [-0.05, 0) is 13.8 Å². The largest absolute Gasteiger partial charge is 2.00 e. The van der Waals surface area contributed by atoms with E-state index >= 15 is 0 Å². The van der Waals surface area contributed by atoms with Gasteiger partial charge in [-0.3, -0.25) is 0 Å². The molecule has 0 aromatic carbocycles. The molecule has 57 valence electrons. The van der Waals surface area contributed by atoms with Gasteiger partial charge in [0.05, 0.1) is 0 Å². The molecule has 10 heavy (non-hydrogen) atoms. The molecule has 0 aromatic heterocycles. The molecule has 0 fully saturated rings. The van der Waals surface area contributed by atoms with E-state index in [0.29, 0.717) is 0 Å². The number of hydrogen-bond acceptors (Lipinski definition) is 4. The van der Waals surface area contributed by atoms with Crippen molar-refractivity contribution in [2.24, 2.45) is 0 Å². The monoisotopic (exact) mass is 185 g/mol. The SMILES string of the molecule is CC(=O)[O-].CC(=O)[O-].[Co+2].[H-].[Li+]. The van der Waals surface area contributed by atoms with E-state index in [-0.39, 0.29) is 37.1 Å². The molecule has 0 heterocycles. The molecule has 0 aromatic rings. The van der Waals surface area contributed by atoms with Gasteiger partial charge in [0, 0.05) is 11.9 Å².